The van der Waals surface area contributed by atoms with E-state index in [-0.39, 0.29) is 33.2 Å². The third-order valence-electron chi connectivity index (χ3n) is 2.80. The van der Waals surface area contributed by atoms with Crippen molar-refractivity contribution in [2.24, 2.45) is 0 Å². The lowest BCUT2D eigenvalue weighted by Crippen LogP contribution is -2.37. The molecule has 0 saturated carbocycles. The van der Waals surface area contributed by atoms with Crippen molar-refractivity contribution in [2.45, 2.75) is 33.2 Å². The largest absolute Gasteiger partial charge is 0.336 e. The van der Waals surface area contributed by atoms with Gasteiger partial charge in [-0.15, -0.1) is 0 Å². The van der Waals surface area contributed by atoms with E-state index in [9.17, 15) is 14.9 Å². The molecule has 1 rings (SSSR count). The van der Waals surface area contributed by atoms with E-state index in [1.165, 1.54) is 6.07 Å². The number of nitro benzene ring substituents is 1. The molecule has 0 N–H and O–H groups in total. The fourth-order valence-corrected chi connectivity index (χ4v) is 2.23. The first-order valence-corrected chi connectivity index (χ1v) is 6.99. The summed E-state index contributed by atoms with van der Waals surface area (Å²) in [6, 6.07) is 2.28. The maximum Gasteiger partial charge on any atom is 0.271 e. The minimum absolute atomic E-state index is 0.00409. The molecule has 0 aliphatic rings. The third-order valence-corrected chi connectivity index (χ3v) is 3.60. The van der Waals surface area contributed by atoms with Gasteiger partial charge in [-0.2, -0.15) is 0 Å². The lowest BCUT2D eigenvalue weighted by Gasteiger charge is -2.26. The molecule has 0 unspecified atom stereocenters. The van der Waals surface area contributed by atoms with E-state index in [1.807, 2.05) is 20.8 Å². The molecular formula is C13H16Cl2N2O3. The van der Waals surface area contributed by atoms with Gasteiger partial charge in [0, 0.05) is 24.7 Å². The van der Waals surface area contributed by atoms with Gasteiger partial charge in [0.15, 0.2) is 0 Å². The second kappa shape index (κ2) is 6.90. The SMILES string of the molecule is CCCN(C(=O)c1cc([N+](=O)[O-])cc(Cl)c1Cl)C(C)C. The van der Waals surface area contributed by atoms with Crippen molar-refractivity contribution in [1.82, 2.24) is 4.90 Å². The second-order valence-electron chi connectivity index (χ2n) is 4.64. The van der Waals surface area contributed by atoms with Gasteiger partial charge in [0.05, 0.1) is 20.5 Å². The van der Waals surface area contributed by atoms with Crippen molar-refractivity contribution in [3.8, 4) is 0 Å². The predicted octanol–water partition coefficient (Wildman–Crippen LogP) is 4.16. The predicted molar refractivity (Wildman–Crippen MR) is 79.6 cm³/mol. The lowest BCUT2D eigenvalue weighted by molar-refractivity contribution is -0.384. The Hall–Kier alpha value is -1.33. The maximum absolute atomic E-state index is 12.5. The van der Waals surface area contributed by atoms with Crippen LogP contribution < -0.4 is 0 Å². The molecule has 0 heterocycles. The molecule has 0 aromatic heterocycles. The molecule has 0 spiro atoms. The Kier molecular flexibility index (Phi) is 5.77. The first-order valence-electron chi connectivity index (χ1n) is 6.24. The fraction of sp³-hybridized carbons (Fsp3) is 0.462. The number of hydrogen-bond acceptors (Lipinski definition) is 3. The molecule has 7 heteroatoms. The molecule has 20 heavy (non-hydrogen) atoms. The van der Waals surface area contributed by atoms with Crippen LogP contribution in [0.15, 0.2) is 12.1 Å². The van der Waals surface area contributed by atoms with Gasteiger partial charge < -0.3 is 4.90 Å². The molecule has 0 fully saturated rings. The highest BCUT2D eigenvalue weighted by Crippen LogP contribution is 2.32. The monoisotopic (exact) mass is 318 g/mol. The zero-order valence-electron chi connectivity index (χ0n) is 11.5. The third kappa shape index (κ3) is 3.61. The van der Waals surface area contributed by atoms with Crippen LogP contribution in [-0.4, -0.2) is 28.3 Å². The summed E-state index contributed by atoms with van der Waals surface area (Å²) >= 11 is 11.9. The van der Waals surface area contributed by atoms with Crippen LogP contribution in [-0.2, 0) is 0 Å². The van der Waals surface area contributed by atoms with E-state index in [0.717, 1.165) is 12.5 Å². The van der Waals surface area contributed by atoms with Crippen molar-refractivity contribution in [3.63, 3.8) is 0 Å². The highest BCUT2D eigenvalue weighted by Gasteiger charge is 2.24. The zero-order chi connectivity index (χ0) is 15.4. The summed E-state index contributed by atoms with van der Waals surface area (Å²) in [5.74, 6) is -0.350. The molecule has 110 valence electrons. The standard InChI is InChI=1S/C13H16Cl2N2O3/c1-4-5-16(8(2)3)13(18)10-6-9(17(19)20)7-11(14)12(10)15/h6-8H,4-5H2,1-3H3. The number of rotatable bonds is 5. The minimum Gasteiger partial charge on any atom is -0.336 e. The Labute approximate surface area is 127 Å². The summed E-state index contributed by atoms with van der Waals surface area (Å²) in [6.45, 7) is 6.25. The number of amides is 1. The number of halogens is 2. The van der Waals surface area contributed by atoms with Crippen LogP contribution in [0.3, 0.4) is 0 Å². The van der Waals surface area contributed by atoms with Gasteiger partial charge in [-0.25, -0.2) is 0 Å². The van der Waals surface area contributed by atoms with Crippen LogP contribution in [0, 0.1) is 10.1 Å². The van der Waals surface area contributed by atoms with E-state index < -0.39 is 4.92 Å². The number of nitrogens with zero attached hydrogens (tertiary/aromatic N) is 2. The molecule has 0 aliphatic heterocycles. The van der Waals surface area contributed by atoms with Gasteiger partial charge >= 0.3 is 0 Å². The molecule has 0 radical (unpaired) electrons. The first kappa shape index (κ1) is 16.7. The van der Waals surface area contributed by atoms with E-state index in [2.05, 4.69) is 0 Å². The number of carbonyl (C=O) groups excluding carboxylic acids is 1. The van der Waals surface area contributed by atoms with Crippen molar-refractivity contribution >= 4 is 34.8 Å². The number of benzene rings is 1. The molecular weight excluding hydrogens is 303 g/mol. The Bertz CT molecular complexity index is 533. The molecule has 0 aliphatic carbocycles. The first-order chi connectivity index (χ1) is 9.29. The topological polar surface area (TPSA) is 63.5 Å². The molecule has 0 bridgehead atoms. The van der Waals surface area contributed by atoms with Crippen molar-refractivity contribution in [3.05, 3.63) is 37.9 Å². The maximum atomic E-state index is 12.5. The van der Waals surface area contributed by atoms with Gasteiger partial charge in [0.2, 0.25) is 0 Å². The highest BCUT2D eigenvalue weighted by molar-refractivity contribution is 6.44. The highest BCUT2D eigenvalue weighted by atomic mass is 35.5. The van der Waals surface area contributed by atoms with Crippen LogP contribution in [0.1, 0.15) is 37.6 Å². The van der Waals surface area contributed by atoms with E-state index >= 15 is 0 Å². The summed E-state index contributed by atoms with van der Waals surface area (Å²) in [5.41, 5.74) is -0.184. The van der Waals surface area contributed by atoms with Crippen molar-refractivity contribution in [1.29, 1.82) is 0 Å². The van der Waals surface area contributed by atoms with Crippen LogP contribution in [0.2, 0.25) is 10.0 Å². The number of non-ortho nitro benzene ring substituents is 1. The molecule has 0 saturated heterocycles. The Morgan fingerprint density at radius 2 is 2.00 bits per heavy atom. The fourth-order valence-electron chi connectivity index (χ4n) is 1.83. The van der Waals surface area contributed by atoms with Crippen LogP contribution in [0.5, 0.6) is 0 Å². The molecule has 1 amide bonds. The molecule has 1 aromatic carbocycles. The summed E-state index contributed by atoms with van der Waals surface area (Å²) < 4.78 is 0. The summed E-state index contributed by atoms with van der Waals surface area (Å²) in [5, 5.41) is 10.9. The van der Waals surface area contributed by atoms with Gasteiger partial charge in [0.1, 0.15) is 0 Å². The number of nitro groups is 1. The van der Waals surface area contributed by atoms with Crippen molar-refractivity contribution in [2.75, 3.05) is 6.54 Å². The summed E-state index contributed by atoms with van der Waals surface area (Å²) in [4.78, 5) is 24.3. The smallest absolute Gasteiger partial charge is 0.271 e. The average Bonchev–Trinajstić information content (AvgIpc) is 2.37. The zero-order valence-corrected chi connectivity index (χ0v) is 13.0. The molecule has 1 aromatic rings. The minimum atomic E-state index is -0.599. The van der Waals surface area contributed by atoms with Crippen molar-refractivity contribution < 1.29 is 9.72 Å². The Morgan fingerprint density at radius 1 is 1.40 bits per heavy atom. The Morgan fingerprint density at radius 3 is 2.45 bits per heavy atom. The van der Waals surface area contributed by atoms with Crippen LogP contribution in [0.25, 0.3) is 0 Å². The van der Waals surface area contributed by atoms with Gasteiger partial charge in [-0.05, 0) is 20.3 Å². The van der Waals surface area contributed by atoms with E-state index in [1.54, 1.807) is 4.90 Å². The quantitative estimate of drug-likeness (QED) is 0.604. The summed E-state index contributed by atoms with van der Waals surface area (Å²) in [7, 11) is 0. The molecule has 0 atom stereocenters. The number of hydrogen-bond donors (Lipinski definition) is 0. The second-order valence-corrected chi connectivity index (χ2v) is 5.42. The molecule has 5 nitrogen and oxygen atoms in total. The normalized spacial score (nSPS) is 10.7. The van der Waals surface area contributed by atoms with E-state index in [0.29, 0.717) is 6.54 Å². The van der Waals surface area contributed by atoms with Crippen LogP contribution in [0.4, 0.5) is 5.69 Å². The average molecular weight is 319 g/mol. The van der Waals surface area contributed by atoms with E-state index in [4.69, 9.17) is 23.2 Å². The lowest BCUT2D eigenvalue weighted by atomic mass is 10.1. The van der Waals surface area contributed by atoms with Gasteiger partial charge in [-0.3, -0.25) is 14.9 Å². The van der Waals surface area contributed by atoms with Gasteiger partial charge in [-0.1, -0.05) is 30.1 Å². The van der Waals surface area contributed by atoms with Gasteiger partial charge in [0.25, 0.3) is 11.6 Å². The summed E-state index contributed by atoms with van der Waals surface area (Å²) in [6.07, 6.45) is 0.782. The Balaban J connectivity index is 3.29. The number of carbonyl (C=O) groups is 1. The van der Waals surface area contributed by atoms with Crippen LogP contribution >= 0.6 is 23.2 Å².